The van der Waals surface area contributed by atoms with Gasteiger partial charge in [0.2, 0.25) is 0 Å². The van der Waals surface area contributed by atoms with E-state index in [0.717, 1.165) is 19.6 Å². The summed E-state index contributed by atoms with van der Waals surface area (Å²) in [5, 5.41) is 10.0. The van der Waals surface area contributed by atoms with Crippen LogP contribution in [0, 0.1) is 5.41 Å². The molecule has 0 amide bonds. The predicted octanol–water partition coefficient (Wildman–Crippen LogP) is -0.0264. The minimum absolute atomic E-state index is 0.600. The molecule has 0 spiro atoms. The minimum atomic E-state index is 0.600. The second-order valence-corrected chi connectivity index (χ2v) is 1.77. The molecule has 0 aromatic carbocycles. The molecule has 0 radical (unpaired) electrons. The van der Waals surface area contributed by atoms with E-state index in [9.17, 15) is 0 Å². The third-order valence-corrected chi connectivity index (χ3v) is 1.08. The molecule has 8 heavy (non-hydrogen) atoms. The summed E-state index contributed by atoms with van der Waals surface area (Å²) < 4.78 is 5.06. The third kappa shape index (κ3) is 1.50. The second kappa shape index (κ2) is 2.67. The van der Waals surface area contributed by atoms with E-state index in [1.807, 2.05) is 0 Å². The van der Waals surface area contributed by atoms with E-state index in [2.05, 4.69) is 5.32 Å². The Labute approximate surface area is 48.5 Å². The number of ether oxygens (including phenoxy) is 1. The van der Waals surface area contributed by atoms with Crippen molar-refractivity contribution in [2.75, 3.05) is 19.8 Å². The average Bonchev–Trinajstić information content (AvgIpc) is 1.94. The lowest BCUT2D eigenvalue weighted by Gasteiger charge is -1.96. The molecule has 2 N–H and O–H groups in total. The lowest BCUT2D eigenvalue weighted by Crippen LogP contribution is -2.22. The summed E-state index contributed by atoms with van der Waals surface area (Å²) in [6.45, 7) is 2.23. The summed E-state index contributed by atoms with van der Waals surface area (Å²) >= 11 is 0. The van der Waals surface area contributed by atoms with Crippen LogP contribution >= 0.6 is 0 Å². The Bertz CT molecular complexity index is 82.4. The molecule has 1 heterocycles. The van der Waals surface area contributed by atoms with E-state index < -0.39 is 0 Å². The summed E-state index contributed by atoms with van der Waals surface area (Å²) in [5.41, 5.74) is 0. The molecule has 0 unspecified atom stereocenters. The lowest BCUT2D eigenvalue weighted by molar-refractivity contribution is 0.153. The highest BCUT2D eigenvalue weighted by atomic mass is 16.5. The first-order chi connectivity index (χ1) is 3.89. The molecule has 0 saturated carbocycles. The molecule has 0 aromatic rings. The minimum Gasteiger partial charge on any atom is -0.379 e. The van der Waals surface area contributed by atoms with Crippen molar-refractivity contribution in [1.29, 1.82) is 5.41 Å². The molecule has 0 atom stereocenters. The van der Waals surface area contributed by atoms with E-state index in [-0.39, 0.29) is 0 Å². The Hall–Kier alpha value is -0.570. The van der Waals surface area contributed by atoms with Crippen LogP contribution in [-0.4, -0.2) is 25.6 Å². The van der Waals surface area contributed by atoms with Crippen molar-refractivity contribution >= 4 is 5.84 Å². The maximum Gasteiger partial charge on any atom is 0.0955 e. The van der Waals surface area contributed by atoms with Gasteiger partial charge in [-0.25, -0.2) is 0 Å². The van der Waals surface area contributed by atoms with Crippen molar-refractivity contribution in [3.63, 3.8) is 0 Å². The Morgan fingerprint density at radius 2 is 2.38 bits per heavy atom. The van der Waals surface area contributed by atoms with Gasteiger partial charge in [-0.2, -0.15) is 0 Å². The Morgan fingerprint density at radius 3 is 3.25 bits per heavy atom. The molecule has 1 aliphatic heterocycles. The largest absolute Gasteiger partial charge is 0.379 e. The zero-order chi connectivity index (χ0) is 5.82. The smallest absolute Gasteiger partial charge is 0.0955 e. The first kappa shape index (κ1) is 5.56. The molecule has 1 rings (SSSR count). The zero-order valence-corrected chi connectivity index (χ0v) is 4.74. The predicted molar refractivity (Wildman–Crippen MR) is 31.2 cm³/mol. The number of amidine groups is 1. The maximum atomic E-state index is 7.14. The molecule has 3 nitrogen and oxygen atoms in total. The molecular formula is C5H10N2O. The normalized spacial score (nSPS) is 21.8. The van der Waals surface area contributed by atoms with Crippen LogP contribution in [0.4, 0.5) is 0 Å². The first-order valence-corrected chi connectivity index (χ1v) is 2.78. The fourth-order valence-electron chi connectivity index (χ4n) is 0.639. The van der Waals surface area contributed by atoms with Gasteiger partial charge in [0.1, 0.15) is 0 Å². The van der Waals surface area contributed by atoms with Crippen molar-refractivity contribution in [2.24, 2.45) is 0 Å². The molecular weight excluding hydrogens is 104 g/mol. The number of nitrogens with one attached hydrogen (secondary N) is 2. The van der Waals surface area contributed by atoms with E-state index in [1.165, 1.54) is 0 Å². The van der Waals surface area contributed by atoms with Gasteiger partial charge in [-0.05, 0) is 0 Å². The summed E-state index contributed by atoms with van der Waals surface area (Å²) in [6.07, 6.45) is 0.736. The van der Waals surface area contributed by atoms with Crippen molar-refractivity contribution in [3.05, 3.63) is 0 Å². The van der Waals surface area contributed by atoms with Gasteiger partial charge >= 0.3 is 0 Å². The van der Waals surface area contributed by atoms with Crippen molar-refractivity contribution in [1.82, 2.24) is 5.32 Å². The molecule has 1 fully saturated rings. The van der Waals surface area contributed by atoms with E-state index >= 15 is 0 Å². The average molecular weight is 114 g/mol. The number of hydrogen-bond acceptors (Lipinski definition) is 2. The van der Waals surface area contributed by atoms with Gasteiger partial charge in [0, 0.05) is 13.0 Å². The zero-order valence-electron chi connectivity index (χ0n) is 4.74. The van der Waals surface area contributed by atoms with Gasteiger partial charge in [0.15, 0.2) is 0 Å². The molecule has 46 valence electrons. The summed E-state index contributed by atoms with van der Waals surface area (Å²) in [5.74, 6) is 0.600. The van der Waals surface area contributed by atoms with Crippen LogP contribution in [0.25, 0.3) is 0 Å². The van der Waals surface area contributed by atoms with E-state index in [0.29, 0.717) is 12.4 Å². The van der Waals surface area contributed by atoms with Gasteiger partial charge < -0.3 is 10.1 Å². The molecule has 1 saturated heterocycles. The molecule has 3 heteroatoms. The highest BCUT2D eigenvalue weighted by molar-refractivity contribution is 5.79. The van der Waals surface area contributed by atoms with Gasteiger partial charge in [0.25, 0.3) is 0 Å². The number of rotatable bonds is 0. The van der Waals surface area contributed by atoms with Crippen LogP contribution in [0.3, 0.4) is 0 Å². The topological polar surface area (TPSA) is 45.1 Å². The fraction of sp³-hybridized carbons (Fsp3) is 0.800. The van der Waals surface area contributed by atoms with Crippen molar-refractivity contribution in [2.45, 2.75) is 6.42 Å². The van der Waals surface area contributed by atoms with Crippen LogP contribution in [0.2, 0.25) is 0 Å². The summed E-state index contributed by atoms with van der Waals surface area (Å²) in [6, 6.07) is 0. The maximum absolute atomic E-state index is 7.14. The molecule has 0 aromatic heterocycles. The van der Waals surface area contributed by atoms with Crippen molar-refractivity contribution < 1.29 is 4.74 Å². The van der Waals surface area contributed by atoms with Crippen molar-refractivity contribution in [3.8, 4) is 0 Å². The van der Waals surface area contributed by atoms with Crippen LogP contribution in [-0.2, 0) is 4.74 Å². The van der Waals surface area contributed by atoms with Gasteiger partial charge in [-0.1, -0.05) is 0 Å². The lowest BCUT2D eigenvalue weighted by atomic mass is 10.4. The Kier molecular flexibility index (Phi) is 1.86. The monoisotopic (exact) mass is 114 g/mol. The summed E-state index contributed by atoms with van der Waals surface area (Å²) in [4.78, 5) is 0. The molecule has 0 aliphatic carbocycles. The van der Waals surface area contributed by atoms with Gasteiger partial charge in [-0.3, -0.25) is 5.41 Å². The van der Waals surface area contributed by atoms with Crippen LogP contribution in [0.15, 0.2) is 0 Å². The van der Waals surface area contributed by atoms with Crippen LogP contribution < -0.4 is 5.32 Å². The first-order valence-electron chi connectivity index (χ1n) is 2.78. The SMILES string of the molecule is N=C1CCOCCN1. The molecule has 0 bridgehead atoms. The van der Waals surface area contributed by atoms with Gasteiger partial charge in [-0.15, -0.1) is 0 Å². The Morgan fingerprint density at radius 1 is 1.50 bits per heavy atom. The van der Waals surface area contributed by atoms with Crippen LogP contribution in [0.1, 0.15) is 6.42 Å². The standard InChI is InChI=1S/C5H10N2O/c6-5-1-3-8-4-2-7-5/h1-4H2,(H2,6,7). The third-order valence-electron chi connectivity index (χ3n) is 1.08. The van der Waals surface area contributed by atoms with Crippen LogP contribution in [0.5, 0.6) is 0 Å². The second-order valence-electron chi connectivity index (χ2n) is 1.77. The van der Waals surface area contributed by atoms with E-state index in [4.69, 9.17) is 10.1 Å². The summed E-state index contributed by atoms with van der Waals surface area (Å²) in [7, 11) is 0. The Balaban J connectivity index is 2.27. The number of hydrogen-bond donors (Lipinski definition) is 2. The van der Waals surface area contributed by atoms with E-state index in [1.54, 1.807) is 0 Å². The highest BCUT2D eigenvalue weighted by Crippen LogP contribution is 1.87. The molecule has 1 aliphatic rings. The quantitative estimate of drug-likeness (QED) is 0.464. The highest BCUT2D eigenvalue weighted by Gasteiger charge is 1.99. The fourth-order valence-corrected chi connectivity index (χ4v) is 0.639. The van der Waals surface area contributed by atoms with Gasteiger partial charge in [0.05, 0.1) is 19.0 Å².